The molecule has 1 aliphatic carbocycles. The molecular weight excluding hydrogens is 282 g/mol. The van der Waals surface area contributed by atoms with Gasteiger partial charge in [0, 0.05) is 19.7 Å². The molecule has 1 amide bonds. The summed E-state index contributed by atoms with van der Waals surface area (Å²) in [7, 11) is 1.32. The van der Waals surface area contributed by atoms with Crippen LogP contribution in [0.25, 0.3) is 0 Å². The third-order valence-corrected chi connectivity index (χ3v) is 4.26. The van der Waals surface area contributed by atoms with Gasteiger partial charge in [-0.3, -0.25) is 4.79 Å². The molecule has 2 fully saturated rings. The molecule has 1 unspecified atom stereocenters. The molecule has 3 rings (SSSR count). The Morgan fingerprint density at radius 1 is 1.18 bits per heavy atom. The SMILES string of the molecule is COC(=O)c1ccccc1C(=O)N1CCC(OCC2CC2)C1. The average Bonchev–Trinajstić information content (AvgIpc) is 3.27. The third kappa shape index (κ3) is 3.30. The van der Waals surface area contributed by atoms with Gasteiger partial charge in [0.1, 0.15) is 0 Å². The Bertz CT molecular complexity index is 568. The maximum atomic E-state index is 12.6. The minimum atomic E-state index is -0.482. The van der Waals surface area contributed by atoms with Gasteiger partial charge in [0.25, 0.3) is 5.91 Å². The summed E-state index contributed by atoms with van der Waals surface area (Å²) in [5, 5.41) is 0. The van der Waals surface area contributed by atoms with Crippen molar-refractivity contribution in [3.8, 4) is 0 Å². The van der Waals surface area contributed by atoms with Crippen LogP contribution in [-0.4, -0.2) is 49.7 Å². The molecule has 1 heterocycles. The number of methoxy groups -OCH3 is 1. The van der Waals surface area contributed by atoms with E-state index in [-0.39, 0.29) is 12.0 Å². The lowest BCUT2D eigenvalue weighted by Crippen LogP contribution is -2.31. The molecule has 1 atom stereocenters. The minimum Gasteiger partial charge on any atom is -0.465 e. The van der Waals surface area contributed by atoms with Gasteiger partial charge >= 0.3 is 5.97 Å². The molecule has 0 N–H and O–H groups in total. The van der Waals surface area contributed by atoms with E-state index in [2.05, 4.69) is 0 Å². The molecule has 22 heavy (non-hydrogen) atoms. The summed E-state index contributed by atoms with van der Waals surface area (Å²) in [6, 6.07) is 6.79. The van der Waals surface area contributed by atoms with E-state index in [1.807, 2.05) is 0 Å². The fourth-order valence-electron chi connectivity index (χ4n) is 2.73. The van der Waals surface area contributed by atoms with Crippen LogP contribution in [0.4, 0.5) is 0 Å². The number of carbonyl (C=O) groups excluding carboxylic acids is 2. The first kappa shape index (κ1) is 15.0. The smallest absolute Gasteiger partial charge is 0.338 e. The van der Waals surface area contributed by atoms with Gasteiger partial charge in [-0.05, 0) is 37.3 Å². The Balaban J connectivity index is 1.65. The molecule has 5 nitrogen and oxygen atoms in total. The van der Waals surface area contributed by atoms with Crippen molar-refractivity contribution in [3.63, 3.8) is 0 Å². The predicted molar refractivity (Wildman–Crippen MR) is 80.8 cm³/mol. The number of amides is 1. The van der Waals surface area contributed by atoms with Crippen LogP contribution in [-0.2, 0) is 9.47 Å². The number of likely N-dealkylation sites (tertiary alicyclic amines) is 1. The zero-order valence-electron chi connectivity index (χ0n) is 12.8. The standard InChI is InChI=1S/C17H21NO4/c1-21-17(20)15-5-3-2-4-14(15)16(19)18-9-8-13(10-18)22-11-12-6-7-12/h2-5,12-13H,6-11H2,1H3. The van der Waals surface area contributed by atoms with Crippen molar-refractivity contribution in [1.82, 2.24) is 4.90 Å². The molecule has 1 saturated carbocycles. The van der Waals surface area contributed by atoms with E-state index in [0.717, 1.165) is 18.9 Å². The number of hydrogen-bond acceptors (Lipinski definition) is 4. The second kappa shape index (κ2) is 6.48. The fraction of sp³-hybridized carbons (Fsp3) is 0.529. The third-order valence-electron chi connectivity index (χ3n) is 4.26. The van der Waals surface area contributed by atoms with Gasteiger partial charge in [0.05, 0.1) is 24.3 Å². The Labute approximate surface area is 130 Å². The van der Waals surface area contributed by atoms with E-state index < -0.39 is 5.97 Å². The Morgan fingerprint density at radius 3 is 2.59 bits per heavy atom. The van der Waals surface area contributed by atoms with Crippen LogP contribution < -0.4 is 0 Å². The molecule has 1 aromatic rings. The van der Waals surface area contributed by atoms with E-state index in [4.69, 9.17) is 9.47 Å². The summed E-state index contributed by atoms with van der Waals surface area (Å²) in [5.74, 6) is 0.119. The van der Waals surface area contributed by atoms with Gasteiger partial charge in [0.15, 0.2) is 0 Å². The number of carbonyl (C=O) groups is 2. The summed E-state index contributed by atoms with van der Waals surface area (Å²) in [6.07, 6.45) is 3.51. The molecule has 5 heteroatoms. The van der Waals surface area contributed by atoms with Crippen LogP contribution >= 0.6 is 0 Å². The van der Waals surface area contributed by atoms with Crippen molar-refractivity contribution in [2.24, 2.45) is 5.92 Å². The molecule has 118 valence electrons. The molecule has 1 aliphatic heterocycles. The first-order chi connectivity index (χ1) is 10.7. The molecule has 0 aromatic heterocycles. The predicted octanol–water partition coefficient (Wildman–Crippen LogP) is 2.11. The van der Waals surface area contributed by atoms with Crippen LogP contribution in [0.2, 0.25) is 0 Å². The van der Waals surface area contributed by atoms with Gasteiger partial charge in [-0.15, -0.1) is 0 Å². The normalized spacial score (nSPS) is 21.0. The van der Waals surface area contributed by atoms with Crippen molar-refractivity contribution in [2.75, 3.05) is 26.8 Å². The van der Waals surface area contributed by atoms with E-state index >= 15 is 0 Å². The Kier molecular flexibility index (Phi) is 4.43. The second-order valence-electron chi connectivity index (χ2n) is 5.98. The van der Waals surface area contributed by atoms with Crippen LogP contribution in [0.5, 0.6) is 0 Å². The first-order valence-electron chi connectivity index (χ1n) is 7.77. The van der Waals surface area contributed by atoms with Crippen LogP contribution in [0.3, 0.4) is 0 Å². The molecular formula is C17H21NO4. The number of hydrogen-bond donors (Lipinski definition) is 0. The number of nitrogens with zero attached hydrogens (tertiary/aromatic N) is 1. The monoisotopic (exact) mass is 303 g/mol. The van der Waals surface area contributed by atoms with Gasteiger partial charge < -0.3 is 14.4 Å². The van der Waals surface area contributed by atoms with E-state index in [1.165, 1.54) is 20.0 Å². The molecule has 0 spiro atoms. The lowest BCUT2D eigenvalue weighted by Gasteiger charge is -2.18. The topological polar surface area (TPSA) is 55.8 Å². The van der Waals surface area contributed by atoms with E-state index in [9.17, 15) is 9.59 Å². The maximum absolute atomic E-state index is 12.6. The van der Waals surface area contributed by atoms with Gasteiger partial charge in [0.2, 0.25) is 0 Å². The highest BCUT2D eigenvalue weighted by Gasteiger charge is 2.31. The molecule has 1 aromatic carbocycles. The van der Waals surface area contributed by atoms with Crippen LogP contribution in [0.15, 0.2) is 24.3 Å². The lowest BCUT2D eigenvalue weighted by molar-refractivity contribution is 0.0477. The highest BCUT2D eigenvalue weighted by molar-refractivity contribution is 6.05. The highest BCUT2D eigenvalue weighted by atomic mass is 16.5. The van der Waals surface area contributed by atoms with Crippen molar-refractivity contribution in [1.29, 1.82) is 0 Å². The molecule has 0 bridgehead atoms. The van der Waals surface area contributed by atoms with Crippen molar-refractivity contribution >= 4 is 11.9 Å². The molecule has 0 radical (unpaired) electrons. The second-order valence-corrected chi connectivity index (χ2v) is 5.98. The summed E-state index contributed by atoms with van der Waals surface area (Å²) in [4.78, 5) is 26.2. The van der Waals surface area contributed by atoms with E-state index in [0.29, 0.717) is 24.2 Å². The Hall–Kier alpha value is -1.88. The number of ether oxygens (including phenoxy) is 2. The van der Waals surface area contributed by atoms with Crippen LogP contribution in [0, 0.1) is 5.92 Å². The summed E-state index contributed by atoms with van der Waals surface area (Å²) in [5.41, 5.74) is 0.717. The van der Waals surface area contributed by atoms with Crippen molar-refractivity contribution in [3.05, 3.63) is 35.4 Å². The largest absolute Gasteiger partial charge is 0.465 e. The minimum absolute atomic E-state index is 0.120. The van der Waals surface area contributed by atoms with Gasteiger partial charge in [-0.25, -0.2) is 4.79 Å². The molecule has 1 saturated heterocycles. The summed E-state index contributed by atoms with van der Waals surface area (Å²) < 4.78 is 10.6. The number of benzene rings is 1. The zero-order chi connectivity index (χ0) is 15.5. The number of rotatable bonds is 5. The van der Waals surface area contributed by atoms with Crippen molar-refractivity contribution in [2.45, 2.75) is 25.4 Å². The number of esters is 1. The van der Waals surface area contributed by atoms with Gasteiger partial charge in [-0.2, -0.15) is 0 Å². The Morgan fingerprint density at radius 2 is 1.91 bits per heavy atom. The zero-order valence-corrected chi connectivity index (χ0v) is 12.8. The fourth-order valence-corrected chi connectivity index (χ4v) is 2.73. The first-order valence-corrected chi connectivity index (χ1v) is 7.77. The van der Waals surface area contributed by atoms with Crippen molar-refractivity contribution < 1.29 is 19.1 Å². The van der Waals surface area contributed by atoms with Crippen LogP contribution in [0.1, 0.15) is 40.0 Å². The quantitative estimate of drug-likeness (QED) is 0.782. The lowest BCUT2D eigenvalue weighted by atomic mass is 10.1. The summed E-state index contributed by atoms with van der Waals surface area (Å²) >= 11 is 0. The van der Waals surface area contributed by atoms with Gasteiger partial charge in [-0.1, -0.05) is 12.1 Å². The average molecular weight is 303 g/mol. The molecule has 2 aliphatic rings. The van der Waals surface area contributed by atoms with E-state index in [1.54, 1.807) is 29.2 Å². The maximum Gasteiger partial charge on any atom is 0.338 e. The summed E-state index contributed by atoms with van der Waals surface area (Å²) in [6.45, 7) is 2.08. The highest BCUT2D eigenvalue weighted by Crippen LogP contribution is 2.30.